The van der Waals surface area contributed by atoms with Crippen LogP contribution in [0, 0.1) is 13.8 Å². The molecule has 1 fully saturated rings. The van der Waals surface area contributed by atoms with Crippen molar-refractivity contribution in [3.63, 3.8) is 0 Å². The fourth-order valence-electron chi connectivity index (χ4n) is 3.89. The van der Waals surface area contributed by atoms with Gasteiger partial charge in [-0.05, 0) is 38.8 Å². The first-order valence-corrected chi connectivity index (χ1v) is 8.64. The molecular weight excluding hydrogens is 316 g/mol. The average Bonchev–Trinajstić information content (AvgIpc) is 3.27. The van der Waals surface area contributed by atoms with Gasteiger partial charge in [0.2, 0.25) is 5.91 Å². The Morgan fingerprint density at radius 3 is 2.84 bits per heavy atom. The van der Waals surface area contributed by atoms with Gasteiger partial charge < -0.3 is 4.90 Å². The number of rotatable bonds is 3. The Kier molecular flexibility index (Phi) is 3.78. The van der Waals surface area contributed by atoms with E-state index < -0.39 is 0 Å². The summed E-state index contributed by atoms with van der Waals surface area (Å²) in [5, 5.41) is 12.8. The van der Waals surface area contributed by atoms with Gasteiger partial charge in [0.05, 0.1) is 17.3 Å². The summed E-state index contributed by atoms with van der Waals surface area (Å²) in [5.74, 6) is 0.0841. The van der Waals surface area contributed by atoms with Gasteiger partial charge in [-0.3, -0.25) is 9.48 Å². The van der Waals surface area contributed by atoms with Crippen molar-refractivity contribution >= 4 is 16.9 Å². The van der Waals surface area contributed by atoms with Crippen LogP contribution in [0.3, 0.4) is 0 Å². The van der Waals surface area contributed by atoms with Gasteiger partial charge in [-0.2, -0.15) is 5.10 Å². The van der Waals surface area contributed by atoms with Crippen LogP contribution >= 0.6 is 0 Å². The summed E-state index contributed by atoms with van der Waals surface area (Å²) in [4.78, 5) is 15.0. The molecule has 2 aromatic heterocycles. The molecule has 3 aromatic rings. The fourth-order valence-corrected chi connectivity index (χ4v) is 3.89. The van der Waals surface area contributed by atoms with E-state index in [1.54, 1.807) is 4.68 Å². The van der Waals surface area contributed by atoms with E-state index in [9.17, 15) is 4.79 Å². The molecule has 4 rings (SSSR count). The zero-order chi connectivity index (χ0) is 17.6. The van der Waals surface area contributed by atoms with Gasteiger partial charge in [-0.25, -0.2) is 4.68 Å². The first-order chi connectivity index (χ1) is 12.1. The minimum absolute atomic E-state index is 0.0841. The number of fused-ring (bicyclic) bond motifs is 1. The first-order valence-electron chi connectivity index (χ1n) is 8.64. The maximum atomic E-state index is 13.0. The Bertz CT molecular complexity index is 940. The summed E-state index contributed by atoms with van der Waals surface area (Å²) in [5.41, 5.74) is 5.04. The highest BCUT2D eigenvalue weighted by Gasteiger charge is 2.33. The van der Waals surface area contributed by atoms with Crippen LogP contribution in [-0.4, -0.2) is 42.1 Å². The topological polar surface area (TPSA) is 68.8 Å². The van der Waals surface area contributed by atoms with Gasteiger partial charge >= 0.3 is 0 Å². The van der Waals surface area contributed by atoms with Gasteiger partial charge in [0.25, 0.3) is 0 Å². The maximum absolute atomic E-state index is 13.0. The molecule has 1 aliphatic rings. The lowest BCUT2D eigenvalue weighted by atomic mass is 10.0. The molecule has 130 valence electrons. The molecule has 0 spiro atoms. The third kappa shape index (κ3) is 2.59. The molecule has 3 heterocycles. The SMILES string of the molecule is Cc1nn(C)c(C)c1[C@H]1CCCN1C(=O)Cn1nnc2ccccc21. The molecule has 7 nitrogen and oxygen atoms in total. The zero-order valence-corrected chi connectivity index (χ0v) is 14.8. The Morgan fingerprint density at radius 1 is 1.28 bits per heavy atom. The molecule has 0 bridgehead atoms. The minimum atomic E-state index is 0.0841. The van der Waals surface area contributed by atoms with Gasteiger partial charge in [0, 0.05) is 24.8 Å². The Labute approximate surface area is 146 Å². The Hall–Kier alpha value is -2.70. The van der Waals surface area contributed by atoms with E-state index in [1.807, 2.05) is 47.8 Å². The standard InChI is InChI=1S/C18H22N6O/c1-12-18(13(2)22(3)20-12)16-9-6-10-23(16)17(25)11-24-15-8-5-4-7-14(15)19-21-24/h4-5,7-8,16H,6,9-11H2,1-3H3/t16-/m1/s1. The van der Waals surface area contributed by atoms with E-state index in [4.69, 9.17) is 0 Å². The van der Waals surface area contributed by atoms with Crippen LogP contribution in [0.1, 0.15) is 35.8 Å². The second-order valence-corrected chi connectivity index (χ2v) is 6.69. The first kappa shape index (κ1) is 15.8. The number of benzene rings is 1. The number of likely N-dealkylation sites (tertiary alicyclic amines) is 1. The van der Waals surface area contributed by atoms with Crippen LogP contribution in [0.25, 0.3) is 11.0 Å². The number of carbonyl (C=O) groups is 1. The number of nitrogens with zero attached hydrogens (tertiary/aromatic N) is 6. The zero-order valence-electron chi connectivity index (χ0n) is 14.8. The van der Waals surface area contributed by atoms with Crippen molar-refractivity contribution in [1.29, 1.82) is 0 Å². The molecule has 25 heavy (non-hydrogen) atoms. The van der Waals surface area contributed by atoms with E-state index in [-0.39, 0.29) is 18.5 Å². The van der Waals surface area contributed by atoms with Crippen molar-refractivity contribution in [2.24, 2.45) is 7.05 Å². The van der Waals surface area contributed by atoms with Crippen LogP contribution in [0.5, 0.6) is 0 Å². The van der Waals surface area contributed by atoms with Crippen LogP contribution in [0.15, 0.2) is 24.3 Å². The van der Waals surface area contributed by atoms with Crippen LogP contribution in [0.4, 0.5) is 0 Å². The predicted molar refractivity (Wildman–Crippen MR) is 93.9 cm³/mol. The third-order valence-corrected chi connectivity index (χ3v) is 5.18. The molecule has 0 N–H and O–H groups in total. The molecule has 0 aliphatic carbocycles. The molecule has 1 amide bonds. The molecule has 1 saturated heterocycles. The number of amides is 1. The second-order valence-electron chi connectivity index (χ2n) is 6.69. The van der Waals surface area contributed by atoms with E-state index in [2.05, 4.69) is 22.3 Å². The van der Waals surface area contributed by atoms with E-state index in [0.717, 1.165) is 41.8 Å². The lowest BCUT2D eigenvalue weighted by Crippen LogP contribution is -2.34. The molecule has 7 heteroatoms. The lowest BCUT2D eigenvalue weighted by molar-refractivity contribution is -0.132. The summed E-state index contributed by atoms with van der Waals surface area (Å²) in [6.45, 7) is 5.09. The summed E-state index contributed by atoms with van der Waals surface area (Å²) >= 11 is 0. The number of hydrogen-bond donors (Lipinski definition) is 0. The molecule has 1 atom stereocenters. The van der Waals surface area contributed by atoms with Gasteiger partial charge in [0.1, 0.15) is 12.1 Å². The van der Waals surface area contributed by atoms with Gasteiger partial charge in [-0.15, -0.1) is 5.10 Å². The summed E-state index contributed by atoms with van der Waals surface area (Å²) in [7, 11) is 1.95. The summed E-state index contributed by atoms with van der Waals surface area (Å²) < 4.78 is 3.59. The minimum Gasteiger partial charge on any atom is -0.334 e. The largest absolute Gasteiger partial charge is 0.334 e. The average molecular weight is 338 g/mol. The van der Waals surface area contributed by atoms with E-state index in [1.165, 1.54) is 5.56 Å². The number of para-hydroxylation sites is 1. The molecule has 1 aromatic carbocycles. The van der Waals surface area contributed by atoms with E-state index >= 15 is 0 Å². The van der Waals surface area contributed by atoms with Crippen molar-refractivity contribution in [2.45, 2.75) is 39.3 Å². The highest BCUT2D eigenvalue weighted by atomic mass is 16.2. The van der Waals surface area contributed by atoms with Crippen LogP contribution in [0.2, 0.25) is 0 Å². The van der Waals surface area contributed by atoms with Crippen LogP contribution < -0.4 is 0 Å². The summed E-state index contributed by atoms with van der Waals surface area (Å²) in [6, 6.07) is 7.82. The number of aryl methyl sites for hydroxylation is 2. The lowest BCUT2D eigenvalue weighted by Gasteiger charge is -2.25. The second kappa shape index (κ2) is 5.98. The molecule has 0 saturated carbocycles. The number of hydrogen-bond acceptors (Lipinski definition) is 4. The van der Waals surface area contributed by atoms with Gasteiger partial charge in [-0.1, -0.05) is 17.3 Å². The molecule has 0 unspecified atom stereocenters. The van der Waals surface area contributed by atoms with Gasteiger partial charge in [0.15, 0.2) is 0 Å². The van der Waals surface area contributed by atoms with Crippen molar-refractivity contribution in [3.8, 4) is 0 Å². The third-order valence-electron chi connectivity index (χ3n) is 5.18. The molecule has 0 radical (unpaired) electrons. The quantitative estimate of drug-likeness (QED) is 0.734. The van der Waals surface area contributed by atoms with Crippen molar-refractivity contribution in [3.05, 3.63) is 41.2 Å². The van der Waals surface area contributed by atoms with Crippen molar-refractivity contribution in [1.82, 2.24) is 29.7 Å². The highest BCUT2D eigenvalue weighted by molar-refractivity contribution is 5.80. The van der Waals surface area contributed by atoms with Crippen molar-refractivity contribution in [2.75, 3.05) is 6.54 Å². The monoisotopic (exact) mass is 338 g/mol. The highest BCUT2D eigenvalue weighted by Crippen LogP contribution is 2.35. The number of aromatic nitrogens is 5. The predicted octanol–water partition coefficient (Wildman–Crippen LogP) is 2.15. The fraction of sp³-hybridized carbons (Fsp3) is 0.444. The maximum Gasteiger partial charge on any atom is 0.244 e. The smallest absolute Gasteiger partial charge is 0.244 e. The Balaban J connectivity index is 1.61. The summed E-state index contributed by atoms with van der Waals surface area (Å²) in [6.07, 6.45) is 2.00. The molecule has 1 aliphatic heterocycles. The van der Waals surface area contributed by atoms with Crippen LogP contribution in [-0.2, 0) is 18.4 Å². The Morgan fingerprint density at radius 2 is 2.08 bits per heavy atom. The molecular formula is C18H22N6O. The number of carbonyl (C=O) groups excluding carboxylic acids is 1. The normalized spacial score (nSPS) is 17.6. The van der Waals surface area contributed by atoms with E-state index in [0.29, 0.717) is 0 Å². The van der Waals surface area contributed by atoms with Crippen molar-refractivity contribution < 1.29 is 4.79 Å².